The van der Waals surface area contributed by atoms with Crippen LogP contribution >= 0.6 is 0 Å². The molecular weight excluding hydrogens is 137 g/mol. The molecule has 1 N–H and O–H groups in total. The van der Waals surface area contributed by atoms with Crippen LogP contribution in [0.25, 0.3) is 0 Å². The average molecular weight is 147 g/mol. The van der Waals surface area contributed by atoms with E-state index in [-0.39, 0.29) is 6.54 Å². The highest BCUT2D eigenvalue weighted by molar-refractivity contribution is 5.72. The quantitative estimate of drug-likeness (QED) is 0.616. The number of hydrogen-bond acceptors (Lipinski definition) is 2. The number of aliphatic carboxylic acids is 1. The Balaban J connectivity index is 2.16. The fourth-order valence-electron chi connectivity index (χ4n) is 0.869. The fraction of sp³-hybridized carbons (Fsp3) is 0.833. The van der Waals surface area contributed by atoms with E-state index in [1.165, 1.54) is 0 Å². The van der Waals surface area contributed by atoms with Crippen molar-refractivity contribution in [1.29, 1.82) is 0 Å². The summed E-state index contributed by atoms with van der Waals surface area (Å²) in [5.41, 5.74) is 0. The van der Waals surface area contributed by atoms with E-state index in [9.17, 15) is 9.18 Å². The van der Waals surface area contributed by atoms with Gasteiger partial charge in [-0.1, -0.05) is 0 Å². The number of likely N-dealkylation sites (tertiary alicyclic amines) is 1. The molecule has 1 fully saturated rings. The first-order valence-electron chi connectivity index (χ1n) is 3.29. The smallest absolute Gasteiger partial charge is 0.339 e. The Bertz CT molecular complexity index is 136. The zero-order valence-electron chi connectivity index (χ0n) is 5.59. The average Bonchev–Trinajstić information content (AvgIpc) is 1.77. The molecule has 0 aliphatic carbocycles. The lowest BCUT2D eigenvalue weighted by atomic mass is 10.2. The third-order valence-corrected chi connectivity index (χ3v) is 1.64. The van der Waals surface area contributed by atoms with Gasteiger partial charge >= 0.3 is 5.97 Å². The molecule has 10 heavy (non-hydrogen) atoms. The molecule has 1 aliphatic heterocycles. The molecule has 1 atom stereocenters. The number of halogens is 1. The van der Waals surface area contributed by atoms with Gasteiger partial charge in [-0.05, 0) is 19.5 Å². The monoisotopic (exact) mass is 147 g/mol. The minimum absolute atomic E-state index is 0.0509. The third kappa shape index (κ3) is 1.67. The molecule has 0 bridgehead atoms. The summed E-state index contributed by atoms with van der Waals surface area (Å²) in [5, 5.41) is 8.15. The van der Waals surface area contributed by atoms with Crippen molar-refractivity contribution in [3.63, 3.8) is 0 Å². The molecule has 0 amide bonds. The molecule has 1 rings (SSSR count). The van der Waals surface area contributed by atoms with Gasteiger partial charge in [-0.15, -0.1) is 0 Å². The molecule has 1 heterocycles. The molecule has 0 aromatic heterocycles. The van der Waals surface area contributed by atoms with E-state index in [1.54, 1.807) is 4.90 Å². The molecule has 4 heteroatoms. The molecule has 1 unspecified atom stereocenters. The third-order valence-electron chi connectivity index (χ3n) is 1.64. The first kappa shape index (κ1) is 7.47. The van der Waals surface area contributed by atoms with Crippen LogP contribution in [0.15, 0.2) is 0 Å². The molecule has 0 spiro atoms. The van der Waals surface area contributed by atoms with Gasteiger partial charge in [0.15, 0.2) is 0 Å². The summed E-state index contributed by atoms with van der Waals surface area (Å²) in [4.78, 5) is 11.8. The summed E-state index contributed by atoms with van der Waals surface area (Å²) in [6.07, 6.45) is -0.646. The van der Waals surface area contributed by atoms with Crippen LogP contribution in [0, 0.1) is 0 Å². The lowest BCUT2D eigenvalue weighted by Gasteiger charge is -2.30. The summed E-state index contributed by atoms with van der Waals surface area (Å²) in [6, 6.07) is 0. The van der Waals surface area contributed by atoms with Gasteiger partial charge in [-0.3, -0.25) is 4.90 Å². The predicted octanol–water partition coefficient (Wildman–Crippen LogP) is 0.115. The van der Waals surface area contributed by atoms with E-state index in [1.807, 2.05) is 0 Å². The Labute approximate surface area is 58.4 Å². The maximum Gasteiger partial charge on any atom is 0.339 e. The number of alkyl halides is 1. The van der Waals surface area contributed by atoms with Crippen LogP contribution in [0.3, 0.4) is 0 Å². The van der Waals surface area contributed by atoms with Gasteiger partial charge in [0.05, 0.1) is 0 Å². The van der Waals surface area contributed by atoms with Crippen LogP contribution in [0.4, 0.5) is 4.39 Å². The number of nitrogens with zero attached hydrogens (tertiary/aromatic N) is 1. The van der Waals surface area contributed by atoms with Crippen molar-refractivity contribution in [2.75, 3.05) is 19.6 Å². The van der Waals surface area contributed by atoms with Crippen molar-refractivity contribution in [3.05, 3.63) is 0 Å². The molecule has 0 radical (unpaired) electrons. The van der Waals surface area contributed by atoms with Crippen molar-refractivity contribution in [2.45, 2.75) is 12.6 Å². The molecule has 58 valence electrons. The second-order valence-corrected chi connectivity index (χ2v) is 2.46. The molecule has 1 aliphatic rings. The second kappa shape index (κ2) is 2.96. The maximum absolute atomic E-state index is 12.4. The van der Waals surface area contributed by atoms with E-state index in [0.29, 0.717) is 0 Å². The molecule has 0 aromatic carbocycles. The topological polar surface area (TPSA) is 40.5 Å². The summed E-state index contributed by atoms with van der Waals surface area (Å²) in [7, 11) is 0. The van der Waals surface area contributed by atoms with Gasteiger partial charge in [0.1, 0.15) is 0 Å². The van der Waals surface area contributed by atoms with Crippen LogP contribution in [-0.4, -0.2) is 41.8 Å². The number of carboxylic acid groups (broad SMARTS) is 1. The number of hydrogen-bond donors (Lipinski definition) is 1. The van der Waals surface area contributed by atoms with Crippen molar-refractivity contribution >= 4 is 5.97 Å². The zero-order chi connectivity index (χ0) is 7.56. The molecule has 1 saturated heterocycles. The van der Waals surface area contributed by atoms with E-state index in [2.05, 4.69) is 0 Å². The first-order valence-corrected chi connectivity index (χ1v) is 3.29. The Hall–Kier alpha value is -0.640. The van der Waals surface area contributed by atoms with Crippen LogP contribution in [-0.2, 0) is 4.79 Å². The van der Waals surface area contributed by atoms with Gasteiger partial charge in [0.2, 0.25) is 6.17 Å². The predicted molar refractivity (Wildman–Crippen MR) is 33.6 cm³/mol. The maximum atomic E-state index is 12.4. The van der Waals surface area contributed by atoms with Gasteiger partial charge in [-0.25, -0.2) is 9.18 Å². The molecular formula is C6H10FNO2. The van der Waals surface area contributed by atoms with E-state index >= 15 is 0 Å². The Morgan fingerprint density at radius 3 is 2.60 bits per heavy atom. The van der Waals surface area contributed by atoms with Crippen molar-refractivity contribution in [3.8, 4) is 0 Å². The Morgan fingerprint density at radius 1 is 1.70 bits per heavy atom. The summed E-state index contributed by atoms with van der Waals surface area (Å²) < 4.78 is 12.4. The van der Waals surface area contributed by atoms with E-state index in [0.717, 1.165) is 19.5 Å². The number of carbonyl (C=O) groups is 1. The SMILES string of the molecule is O=C(O)C(F)CN1CCC1. The second-order valence-electron chi connectivity index (χ2n) is 2.46. The van der Waals surface area contributed by atoms with Crippen molar-refractivity contribution in [1.82, 2.24) is 4.90 Å². The summed E-state index contributed by atoms with van der Waals surface area (Å²) in [6.45, 7) is 1.73. The fourth-order valence-corrected chi connectivity index (χ4v) is 0.869. The van der Waals surface area contributed by atoms with Crippen molar-refractivity contribution in [2.24, 2.45) is 0 Å². The zero-order valence-corrected chi connectivity index (χ0v) is 5.59. The highest BCUT2D eigenvalue weighted by Gasteiger charge is 2.22. The standard InChI is InChI=1S/C6H10FNO2/c7-5(6(9)10)4-8-2-1-3-8/h5H,1-4H2,(H,9,10). The van der Waals surface area contributed by atoms with Gasteiger partial charge < -0.3 is 5.11 Å². The van der Waals surface area contributed by atoms with E-state index in [4.69, 9.17) is 5.11 Å². The lowest BCUT2D eigenvalue weighted by Crippen LogP contribution is -2.43. The van der Waals surface area contributed by atoms with Gasteiger partial charge in [0, 0.05) is 6.54 Å². The molecule has 0 saturated carbocycles. The highest BCUT2D eigenvalue weighted by Crippen LogP contribution is 2.07. The minimum Gasteiger partial charge on any atom is -0.479 e. The Kier molecular flexibility index (Phi) is 2.21. The van der Waals surface area contributed by atoms with Crippen LogP contribution in [0.5, 0.6) is 0 Å². The van der Waals surface area contributed by atoms with Crippen LogP contribution in [0.2, 0.25) is 0 Å². The summed E-state index contributed by atoms with van der Waals surface area (Å²) in [5.74, 6) is -1.35. The normalized spacial score (nSPS) is 21.7. The minimum atomic E-state index is -1.71. The Morgan fingerprint density at radius 2 is 2.30 bits per heavy atom. The van der Waals surface area contributed by atoms with Gasteiger partial charge in [0.25, 0.3) is 0 Å². The lowest BCUT2D eigenvalue weighted by molar-refractivity contribution is -0.143. The number of carboxylic acids is 1. The largest absolute Gasteiger partial charge is 0.479 e. The van der Waals surface area contributed by atoms with Crippen LogP contribution < -0.4 is 0 Å². The highest BCUT2D eigenvalue weighted by atomic mass is 19.1. The summed E-state index contributed by atoms with van der Waals surface area (Å²) >= 11 is 0. The van der Waals surface area contributed by atoms with Crippen LogP contribution in [0.1, 0.15) is 6.42 Å². The number of rotatable bonds is 3. The van der Waals surface area contributed by atoms with Gasteiger partial charge in [-0.2, -0.15) is 0 Å². The van der Waals surface area contributed by atoms with Crippen molar-refractivity contribution < 1.29 is 14.3 Å². The molecule has 0 aromatic rings. The van der Waals surface area contributed by atoms with E-state index < -0.39 is 12.1 Å². The molecule has 3 nitrogen and oxygen atoms in total. The first-order chi connectivity index (χ1) is 4.70.